The van der Waals surface area contributed by atoms with E-state index in [1.165, 1.54) is 4.57 Å². The maximum Gasteiger partial charge on any atom is 0.277 e. The Morgan fingerprint density at radius 1 is 0.929 bits per heavy atom. The van der Waals surface area contributed by atoms with Gasteiger partial charge in [-0.3, -0.25) is 9.59 Å². The highest BCUT2D eigenvalue weighted by Gasteiger charge is 2.17. The van der Waals surface area contributed by atoms with Gasteiger partial charge in [0.15, 0.2) is 0 Å². The Hall–Kier alpha value is -5.38. The minimum atomic E-state index is -0.267. The number of nitrogens with one attached hydrogen (secondary N) is 2. The minimum Gasteiger partial charge on any atom is -0.325 e. The van der Waals surface area contributed by atoms with Crippen LogP contribution in [0.2, 0.25) is 0 Å². The molecule has 2 N–H and O–H groups in total. The molecule has 6 aromatic rings. The number of unbranched alkanes of at least 4 members (excludes halogenated alkanes) is 1. The van der Waals surface area contributed by atoms with E-state index in [4.69, 9.17) is 4.98 Å². The van der Waals surface area contributed by atoms with Crippen molar-refractivity contribution in [1.29, 1.82) is 0 Å². The molecule has 6 rings (SSSR count). The fraction of sp³-hybridized carbons (Fsp3) is 0.188. The number of para-hydroxylation sites is 1. The Bertz CT molecular complexity index is 1870. The van der Waals surface area contributed by atoms with Gasteiger partial charge in [0.05, 0.1) is 5.52 Å². The van der Waals surface area contributed by atoms with Gasteiger partial charge in [0.1, 0.15) is 17.9 Å². The lowest BCUT2D eigenvalue weighted by molar-refractivity contribution is -0.116. The number of rotatable bonds is 10. The van der Waals surface area contributed by atoms with Gasteiger partial charge in [0, 0.05) is 30.4 Å². The van der Waals surface area contributed by atoms with E-state index in [0.717, 1.165) is 47.3 Å². The molecule has 0 spiro atoms. The van der Waals surface area contributed by atoms with Crippen molar-refractivity contribution >= 4 is 22.6 Å². The Balaban J connectivity index is 1.31. The molecule has 0 saturated carbocycles. The number of carbonyl (C=O) groups excluding carboxylic acids is 1. The minimum absolute atomic E-state index is 0.0897. The first kappa shape index (κ1) is 26.8. The summed E-state index contributed by atoms with van der Waals surface area (Å²) in [7, 11) is 0. The molecule has 0 fully saturated rings. The van der Waals surface area contributed by atoms with Gasteiger partial charge in [-0.15, -0.1) is 10.2 Å². The van der Waals surface area contributed by atoms with Crippen LogP contribution in [0.15, 0.2) is 95.9 Å². The summed E-state index contributed by atoms with van der Waals surface area (Å²) in [6, 6.07) is 27.2. The number of hydrogen-bond acceptors (Lipinski definition) is 6. The van der Waals surface area contributed by atoms with Gasteiger partial charge in [-0.05, 0) is 46.5 Å². The van der Waals surface area contributed by atoms with Crippen molar-refractivity contribution in [2.24, 2.45) is 0 Å². The van der Waals surface area contributed by atoms with Gasteiger partial charge in [-0.1, -0.05) is 80.1 Å². The zero-order chi connectivity index (χ0) is 28.9. The lowest BCUT2D eigenvalue weighted by Gasteiger charge is -2.12. The van der Waals surface area contributed by atoms with Crippen LogP contribution < -0.4 is 10.9 Å². The van der Waals surface area contributed by atoms with Gasteiger partial charge in [-0.2, -0.15) is 5.21 Å². The SMILES string of the molecule is CCCCc1nc2ccn(CC(=O)Nc3ccccc3)c(=O)c2n1Cc1ccc(-c2ccccc2-c2nn[nH]n2)cc1. The Morgan fingerprint density at radius 3 is 2.43 bits per heavy atom. The number of tetrazole rings is 1. The number of benzene rings is 3. The molecule has 1 amide bonds. The van der Waals surface area contributed by atoms with E-state index in [1.807, 2.05) is 65.2 Å². The van der Waals surface area contributed by atoms with E-state index in [9.17, 15) is 9.59 Å². The molecule has 10 nitrogen and oxygen atoms in total. The largest absolute Gasteiger partial charge is 0.325 e. The first-order valence-corrected chi connectivity index (χ1v) is 14.0. The third kappa shape index (κ3) is 5.60. The van der Waals surface area contributed by atoms with E-state index >= 15 is 0 Å². The average molecular weight is 559 g/mol. The number of pyridine rings is 1. The molecule has 0 saturated heterocycles. The third-order valence-electron chi connectivity index (χ3n) is 7.19. The zero-order valence-electron chi connectivity index (χ0n) is 23.2. The van der Waals surface area contributed by atoms with Crippen LogP contribution in [0, 0.1) is 0 Å². The van der Waals surface area contributed by atoms with Crippen LogP contribution in [0.4, 0.5) is 5.69 Å². The van der Waals surface area contributed by atoms with Crippen molar-refractivity contribution in [2.75, 3.05) is 5.32 Å². The number of aromatic amines is 1. The predicted molar refractivity (Wildman–Crippen MR) is 162 cm³/mol. The maximum atomic E-state index is 13.7. The van der Waals surface area contributed by atoms with Crippen LogP contribution in [-0.4, -0.2) is 40.6 Å². The molecule has 0 radical (unpaired) electrons. The van der Waals surface area contributed by atoms with Crippen molar-refractivity contribution in [3.63, 3.8) is 0 Å². The van der Waals surface area contributed by atoms with E-state index in [1.54, 1.807) is 6.20 Å². The molecule has 0 aliphatic heterocycles. The number of amides is 1. The second kappa shape index (κ2) is 12.0. The summed E-state index contributed by atoms with van der Waals surface area (Å²) >= 11 is 0. The van der Waals surface area contributed by atoms with Crippen LogP contribution in [-0.2, 0) is 24.3 Å². The molecule has 42 heavy (non-hydrogen) atoms. The van der Waals surface area contributed by atoms with Gasteiger partial charge in [-0.25, -0.2) is 4.98 Å². The van der Waals surface area contributed by atoms with Gasteiger partial charge in [0.25, 0.3) is 5.56 Å². The number of anilines is 1. The van der Waals surface area contributed by atoms with E-state index < -0.39 is 0 Å². The first-order chi connectivity index (χ1) is 20.6. The summed E-state index contributed by atoms with van der Waals surface area (Å²) in [5.74, 6) is 1.13. The summed E-state index contributed by atoms with van der Waals surface area (Å²) in [5, 5.41) is 17.3. The van der Waals surface area contributed by atoms with Crippen LogP contribution in [0.3, 0.4) is 0 Å². The van der Waals surface area contributed by atoms with Crippen molar-refractivity contribution in [2.45, 2.75) is 39.3 Å². The van der Waals surface area contributed by atoms with Crippen molar-refractivity contribution in [3.8, 4) is 22.5 Å². The number of imidazole rings is 1. The summed E-state index contributed by atoms with van der Waals surface area (Å²) in [5.41, 5.74) is 5.52. The average Bonchev–Trinajstić information content (AvgIpc) is 3.67. The molecule has 0 unspecified atom stereocenters. The molecule has 10 heteroatoms. The molecule has 0 aliphatic rings. The van der Waals surface area contributed by atoms with Crippen molar-refractivity contribution in [1.82, 2.24) is 34.7 Å². The first-order valence-electron chi connectivity index (χ1n) is 14.0. The smallest absolute Gasteiger partial charge is 0.277 e. The molecule has 210 valence electrons. The molecule has 3 heterocycles. The van der Waals surface area contributed by atoms with Crippen LogP contribution in [0.1, 0.15) is 31.2 Å². The number of fused-ring (bicyclic) bond motifs is 1. The summed E-state index contributed by atoms with van der Waals surface area (Å²) < 4.78 is 3.45. The lowest BCUT2D eigenvalue weighted by atomic mass is 9.98. The second-order valence-corrected chi connectivity index (χ2v) is 10.1. The van der Waals surface area contributed by atoms with Crippen LogP contribution in [0.25, 0.3) is 33.5 Å². The summed E-state index contributed by atoms with van der Waals surface area (Å²) in [6.45, 7) is 2.53. The van der Waals surface area contributed by atoms with Gasteiger partial charge in [0.2, 0.25) is 11.7 Å². The number of H-pyrrole nitrogens is 1. The normalized spacial score (nSPS) is 11.2. The van der Waals surface area contributed by atoms with Crippen LogP contribution in [0.5, 0.6) is 0 Å². The zero-order valence-corrected chi connectivity index (χ0v) is 23.2. The highest BCUT2D eigenvalue weighted by atomic mass is 16.2. The second-order valence-electron chi connectivity index (χ2n) is 10.1. The van der Waals surface area contributed by atoms with Crippen LogP contribution >= 0.6 is 0 Å². The molecule has 0 atom stereocenters. The Kier molecular flexibility index (Phi) is 7.67. The fourth-order valence-electron chi connectivity index (χ4n) is 5.10. The Labute approximate surface area is 242 Å². The number of aryl methyl sites for hydroxylation is 1. The summed E-state index contributed by atoms with van der Waals surface area (Å²) in [6.07, 6.45) is 4.38. The molecular formula is C32H30N8O2. The lowest BCUT2D eigenvalue weighted by Crippen LogP contribution is -2.28. The van der Waals surface area contributed by atoms with Gasteiger partial charge >= 0.3 is 0 Å². The quantitative estimate of drug-likeness (QED) is 0.242. The van der Waals surface area contributed by atoms with E-state index in [2.05, 4.69) is 57.1 Å². The van der Waals surface area contributed by atoms with E-state index in [-0.39, 0.29) is 18.0 Å². The van der Waals surface area contributed by atoms with Gasteiger partial charge < -0.3 is 14.5 Å². The van der Waals surface area contributed by atoms with Crippen molar-refractivity contribution in [3.05, 3.63) is 113 Å². The number of nitrogens with zero attached hydrogens (tertiary/aromatic N) is 6. The highest BCUT2D eigenvalue weighted by Crippen LogP contribution is 2.30. The molecule has 3 aromatic heterocycles. The number of carbonyl (C=O) groups is 1. The monoisotopic (exact) mass is 558 g/mol. The summed E-state index contributed by atoms with van der Waals surface area (Å²) in [4.78, 5) is 31.3. The van der Waals surface area contributed by atoms with Crippen molar-refractivity contribution < 1.29 is 4.79 Å². The fourth-order valence-corrected chi connectivity index (χ4v) is 5.10. The maximum absolute atomic E-state index is 13.7. The Morgan fingerprint density at radius 2 is 1.69 bits per heavy atom. The molecular weight excluding hydrogens is 528 g/mol. The molecule has 0 bridgehead atoms. The predicted octanol–water partition coefficient (Wildman–Crippen LogP) is 5.07. The molecule has 0 aliphatic carbocycles. The number of aromatic nitrogens is 7. The topological polar surface area (TPSA) is 123 Å². The standard InChI is InChI=1S/C32H30N8O2/c1-2-3-13-28-34-27-18-19-39(21-29(41)33-24-9-5-4-6-10-24)32(42)30(27)40(28)20-22-14-16-23(17-15-22)25-11-7-8-12-26(25)31-35-37-38-36-31/h4-12,14-19H,2-3,13,20-21H2,1H3,(H,33,41)(H,35,36,37,38). The highest BCUT2D eigenvalue weighted by molar-refractivity contribution is 5.90. The number of hydrogen-bond donors (Lipinski definition) is 2. The molecule has 3 aromatic carbocycles. The van der Waals surface area contributed by atoms with E-state index in [0.29, 0.717) is 29.1 Å². The third-order valence-corrected chi connectivity index (χ3v) is 7.19.